The van der Waals surface area contributed by atoms with Crippen LogP contribution in [0, 0.1) is 0 Å². The normalized spacial score (nSPS) is 11.1. The van der Waals surface area contributed by atoms with Crippen LogP contribution in [0.1, 0.15) is 12.8 Å². The van der Waals surface area contributed by atoms with E-state index in [2.05, 4.69) is 10.6 Å². The Morgan fingerprint density at radius 1 is 0.962 bits per heavy atom. The number of para-hydroxylation sites is 2. The lowest BCUT2D eigenvalue weighted by atomic mass is 10.3. The first kappa shape index (κ1) is 16.7. The van der Waals surface area contributed by atoms with Crippen LogP contribution in [0.3, 0.4) is 0 Å². The van der Waals surface area contributed by atoms with Gasteiger partial charge in [-0.15, -0.1) is 0 Å². The van der Waals surface area contributed by atoms with Crippen LogP contribution in [0.25, 0.3) is 22.6 Å². The lowest BCUT2D eigenvalue weighted by molar-refractivity contribution is 0.303. The molecular formula is C21H19ClN2O2. The van der Waals surface area contributed by atoms with Gasteiger partial charge in [-0.2, -0.15) is 0 Å². The van der Waals surface area contributed by atoms with E-state index in [1.165, 1.54) is 0 Å². The molecule has 0 unspecified atom stereocenters. The van der Waals surface area contributed by atoms with Gasteiger partial charge in [0.15, 0.2) is 11.6 Å². The average Bonchev–Trinajstić information content (AvgIpc) is 3.31. The maximum absolute atomic E-state index is 5.89. The maximum atomic E-state index is 5.89. The minimum Gasteiger partial charge on any atom is -0.494 e. The van der Waals surface area contributed by atoms with Crippen LogP contribution in [0.5, 0.6) is 5.75 Å². The summed E-state index contributed by atoms with van der Waals surface area (Å²) >= 11 is 5.89. The van der Waals surface area contributed by atoms with E-state index in [0.29, 0.717) is 6.61 Å². The van der Waals surface area contributed by atoms with E-state index >= 15 is 0 Å². The van der Waals surface area contributed by atoms with Gasteiger partial charge in [-0.05, 0) is 61.4 Å². The minimum absolute atomic E-state index is 0.671. The molecule has 0 saturated heterocycles. The lowest BCUT2D eigenvalue weighted by Gasteiger charge is -2.09. The number of nitrogens with zero attached hydrogens (tertiary/aromatic N) is 2. The second kappa shape index (κ2) is 7.67. The molecule has 0 spiro atoms. The smallest absolute Gasteiger partial charge is 0.177 e. The molecule has 0 aliphatic heterocycles. The van der Waals surface area contributed by atoms with Gasteiger partial charge in [0.2, 0.25) is 0 Å². The fourth-order valence-corrected chi connectivity index (χ4v) is 3.11. The van der Waals surface area contributed by atoms with Crippen molar-refractivity contribution in [2.75, 3.05) is 6.61 Å². The third kappa shape index (κ3) is 3.60. The first-order chi connectivity index (χ1) is 12.8. The third-order valence-electron chi connectivity index (χ3n) is 4.25. The van der Waals surface area contributed by atoms with E-state index in [0.717, 1.165) is 52.8 Å². The van der Waals surface area contributed by atoms with Gasteiger partial charge in [-0.3, -0.25) is 0 Å². The van der Waals surface area contributed by atoms with Gasteiger partial charge >= 0.3 is 0 Å². The molecule has 4 nitrogen and oxygen atoms in total. The van der Waals surface area contributed by atoms with Crippen LogP contribution >= 0.6 is 11.6 Å². The van der Waals surface area contributed by atoms with Crippen molar-refractivity contribution >= 4 is 22.6 Å². The topological polar surface area (TPSA) is 40.2 Å². The average molecular weight is 367 g/mol. The molecule has 0 N–H and O–H groups in total. The fraction of sp³-hybridized carbons (Fsp3) is 0.190. The molecule has 2 heterocycles. The fourth-order valence-electron chi connectivity index (χ4n) is 2.99. The zero-order valence-corrected chi connectivity index (χ0v) is 15.0. The standard InChI is InChI=1S/C21H19ClN2O2/c22-16-9-11-17(12-10-16)25-14-4-3-13-24-19-7-2-1-6-18(19)23-21(24)20-8-5-15-26-20/h1-2,5-12,15H,3-4,13-14H2. The highest BCUT2D eigenvalue weighted by molar-refractivity contribution is 6.30. The molecular weight excluding hydrogens is 348 g/mol. The van der Waals surface area contributed by atoms with Crippen molar-refractivity contribution in [1.82, 2.24) is 9.55 Å². The van der Waals surface area contributed by atoms with Crippen LogP contribution in [0.15, 0.2) is 71.3 Å². The second-order valence-corrected chi connectivity index (χ2v) is 6.50. The molecule has 132 valence electrons. The number of imidazole rings is 1. The number of hydrogen-bond acceptors (Lipinski definition) is 3. The molecule has 2 aromatic carbocycles. The quantitative estimate of drug-likeness (QED) is 0.387. The molecule has 0 aliphatic rings. The Morgan fingerprint density at radius 2 is 1.81 bits per heavy atom. The van der Waals surface area contributed by atoms with Crippen molar-refractivity contribution in [3.63, 3.8) is 0 Å². The zero-order chi connectivity index (χ0) is 17.8. The Labute approximate surface area is 157 Å². The second-order valence-electron chi connectivity index (χ2n) is 6.06. The Hall–Kier alpha value is -2.72. The number of rotatable bonds is 7. The molecule has 0 saturated carbocycles. The van der Waals surface area contributed by atoms with Crippen LogP contribution < -0.4 is 4.74 Å². The van der Waals surface area contributed by atoms with Crippen molar-refractivity contribution in [3.8, 4) is 17.3 Å². The highest BCUT2D eigenvalue weighted by atomic mass is 35.5. The van der Waals surface area contributed by atoms with Crippen molar-refractivity contribution < 1.29 is 9.15 Å². The number of halogens is 1. The van der Waals surface area contributed by atoms with Gasteiger partial charge < -0.3 is 13.7 Å². The van der Waals surface area contributed by atoms with Gasteiger partial charge in [-0.1, -0.05) is 23.7 Å². The molecule has 0 amide bonds. The molecule has 0 aliphatic carbocycles. The van der Waals surface area contributed by atoms with E-state index < -0.39 is 0 Å². The predicted molar refractivity (Wildman–Crippen MR) is 104 cm³/mol. The largest absolute Gasteiger partial charge is 0.494 e. The van der Waals surface area contributed by atoms with Crippen molar-refractivity contribution in [1.29, 1.82) is 0 Å². The monoisotopic (exact) mass is 366 g/mol. The number of ether oxygens (including phenoxy) is 1. The Kier molecular flexibility index (Phi) is 4.93. The summed E-state index contributed by atoms with van der Waals surface area (Å²) in [6.07, 6.45) is 3.62. The molecule has 4 aromatic rings. The number of benzene rings is 2. The molecule has 2 aromatic heterocycles. The summed E-state index contributed by atoms with van der Waals surface area (Å²) in [5, 5.41) is 0.717. The summed E-state index contributed by atoms with van der Waals surface area (Å²) in [5.41, 5.74) is 2.11. The summed E-state index contributed by atoms with van der Waals surface area (Å²) < 4.78 is 13.6. The number of aromatic nitrogens is 2. The summed E-state index contributed by atoms with van der Waals surface area (Å²) in [5.74, 6) is 2.51. The van der Waals surface area contributed by atoms with Gasteiger partial charge in [0.25, 0.3) is 0 Å². The maximum Gasteiger partial charge on any atom is 0.177 e. The highest BCUT2D eigenvalue weighted by Crippen LogP contribution is 2.25. The lowest BCUT2D eigenvalue weighted by Crippen LogP contribution is -2.03. The molecule has 0 fully saturated rings. The van der Waals surface area contributed by atoms with Gasteiger partial charge in [0.05, 0.1) is 23.9 Å². The summed E-state index contributed by atoms with van der Waals surface area (Å²) in [7, 11) is 0. The van der Waals surface area contributed by atoms with Crippen molar-refractivity contribution in [2.24, 2.45) is 0 Å². The Balaban J connectivity index is 1.42. The first-order valence-corrected chi connectivity index (χ1v) is 9.06. The Bertz CT molecular complexity index is 975. The zero-order valence-electron chi connectivity index (χ0n) is 14.3. The van der Waals surface area contributed by atoms with Gasteiger partial charge in [-0.25, -0.2) is 4.98 Å². The number of unbranched alkanes of at least 4 members (excludes halogenated alkanes) is 1. The SMILES string of the molecule is Clc1ccc(OCCCCn2c(-c3ccco3)nc3ccccc32)cc1. The first-order valence-electron chi connectivity index (χ1n) is 8.69. The predicted octanol–water partition coefficient (Wildman–Crippen LogP) is 5.81. The van der Waals surface area contributed by atoms with Crippen LogP contribution in [0.4, 0.5) is 0 Å². The number of aryl methyl sites for hydroxylation is 1. The number of fused-ring (bicyclic) bond motifs is 1. The summed E-state index contributed by atoms with van der Waals surface area (Å²) in [6, 6.07) is 19.5. The van der Waals surface area contributed by atoms with Crippen molar-refractivity contribution in [3.05, 3.63) is 71.9 Å². The van der Waals surface area contributed by atoms with Crippen LogP contribution in [-0.2, 0) is 6.54 Å². The minimum atomic E-state index is 0.671. The summed E-state index contributed by atoms with van der Waals surface area (Å²) in [4.78, 5) is 4.74. The van der Waals surface area contributed by atoms with E-state index in [9.17, 15) is 0 Å². The molecule has 26 heavy (non-hydrogen) atoms. The number of furan rings is 1. The molecule has 0 atom stereocenters. The van der Waals surface area contributed by atoms with Crippen LogP contribution in [0.2, 0.25) is 5.02 Å². The molecule has 0 radical (unpaired) electrons. The number of hydrogen-bond donors (Lipinski definition) is 0. The van der Waals surface area contributed by atoms with Crippen LogP contribution in [-0.4, -0.2) is 16.2 Å². The van der Waals surface area contributed by atoms with E-state index in [1.54, 1.807) is 6.26 Å². The third-order valence-corrected chi connectivity index (χ3v) is 4.51. The van der Waals surface area contributed by atoms with Gasteiger partial charge in [0, 0.05) is 11.6 Å². The van der Waals surface area contributed by atoms with Crippen molar-refractivity contribution in [2.45, 2.75) is 19.4 Å². The molecule has 4 rings (SSSR count). The summed E-state index contributed by atoms with van der Waals surface area (Å²) in [6.45, 7) is 1.53. The Morgan fingerprint density at radius 3 is 2.62 bits per heavy atom. The molecule has 5 heteroatoms. The van der Waals surface area contributed by atoms with E-state index in [-0.39, 0.29) is 0 Å². The molecule has 0 bridgehead atoms. The van der Waals surface area contributed by atoms with Gasteiger partial charge in [0.1, 0.15) is 5.75 Å². The van der Waals surface area contributed by atoms with E-state index in [1.807, 2.05) is 54.6 Å². The van der Waals surface area contributed by atoms with E-state index in [4.69, 9.17) is 25.7 Å². The highest BCUT2D eigenvalue weighted by Gasteiger charge is 2.13.